The summed E-state index contributed by atoms with van der Waals surface area (Å²) in [5, 5.41) is 1.09. The van der Waals surface area contributed by atoms with Gasteiger partial charge in [-0.1, -0.05) is 12.1 Å². The molecule has 3 nitrogen and oxygen atoms in total. The third-order valence-electron chi connectivity index (χ3n) is 2.42. The molecule has 0 saturated heterocycles. The van der Waals surface area contributed by atoms with Gasteiger partial charge in [-0.2, -0.15) is 0 Å². The SMILES string of the molecule is CCOC(=O)n1ccc2c(C)cccc21. The summed E-state index contributed by atoms with van der Waals surface area (Å²) in [5.74, 6) is 0. The minimum Gasteiger partial charge on any atom is -0.449 e. The van der Waals surface area contributed by atoms with E-state index in [0.29, 0.717) is 6.61 Å². The number of hydrogen-bond acceptors (Lipinski definition) is 2. The van der Waals surface area contributed by atoms with Gasteiger partial charge in [-0.15, -0.1) is 0 Å². The molecule has 0 bridgehead atoms. The van der Waals surface area contributed by atoms with Crippen molar-refractivity contribution in [2.24, 2.45) is 0 Å². The molecule has 0 unspecified atom stereocenters. The first-order valence-electron chi connectivity index (χ1n) is 4.98. The topological polar surface area (TPSA) is 31.2 Å². The van der Waals surface area contributed by atoms with Gasteiger partial charge in [0.2, 0.25) is 0 Å². The Hall–Kier alpha value is -1.77. The van der Waals surface area contributed by atoms with Crippen molar-refractivity contribution in [2.45, 2.75) is 13.8 Å². The summed E-state index contributed by atoms with van der Waals surface area (Å²) >= 11 is 0. The molecule has 0 amide bonds. The number of benzene rings is 1. The van der Waals surface area contributed by atoms with Crippen LogP contribution in [0, 0.1) is 6.92 Å². The van der Waals surface area contributed by atoms with Gasteiger partial charge in [0, 0.05) is 11.6 Å². The van der Waals surface area contributed by atoms with Crippen molar-refractivity contribution in [3.8, 4) is 0 Å². The number of fused-ring (bicyclic) bond motifs is 1. The largest absolute Gasteiger partial charge is 0.449 e. The minimum atomic E-state index is -0.321. The van der Waals surface area contributed by atoms with Gasteiger partial charge >= 0.3 is 6.09 Å². The van der Waals surface area contributed by atoms with Gasteiger partial charge in [0.15, 0.2) is 0 Å². The van der Waals surface area contributed by atoms with E-state index in [2.05, 4.69) is 0 Å². The maximum absolute atomic E-state index is 11.6. The predicted molar refractivity (Wildman–Crippen MR) is 59.1 cm³/mol. The Labute approximate surface area is 88.3 Å². The highest BCUT2D eigenvalue weighted by molar-refractivity contribution is 5.91. The molecular formula is C12H13NO2. The van der Waals surface area contributed by atoms with Gasteiger partial charge in [0.05, 0.1) is 12.1 Å². The Kier molecular flexibility index (Phi) is 2.46. The number of nitrogens with zero attached hydrogens (tertiary/aromatic N) is 1. The number of aromatic nitrogens is 1. The zero-order valence-corrected chi connectivity index (χ0v) is 8.86. The number of carbonyl (C=O) groups excluding carboxylic acids is 1. The molecule has 0 aliphatic carbocycles. The third-order valence-corrected chi connectivity index (χ3v) is 2.42. The summed E-state index contributed by atoms with van der Waals surface area (Å²) in [5.41, 5.74) is 2.06. The van der Waals surface area contributed by atoms with E-state index in [4.69, 9.17) is 4.74 Å². The summed E-state index contributed by atoms with van der Waals surface area (Å²) in [6.07, 6.45) is 1.42. The Morgan fingerprint density at radius 2 is 2.20 bits per heavy atom. The van der Waals surface area contributed by atoms with E-state index in [1.165, 1.54) is 4.57 Å². The second-order valence-electron chi connectivity index (χ2n) is 3.39. The van der Waals surface area contributed by atoms with Crippen molar-refractivity contribution in [3.63, 3.8) is 0 Å². The van der Waals surface area contributed by atoms with Crippen LogP contribution in [0.1, 0.15) is 12.5 Å². The number of carbonyl (C=O) groups is 1. The summed E-state index contributed by atoms with van der Waals surface area (Å²) in [6, 6.07) is 7.81. The van der Waals surface area contributed by atoms with Gasteiger partial charge in [0.1, 0.15) is 0 Å². The van der Waals surface area contributed by atoms with Crippen LogP contribution in [-0.4, -0.2) is 17.3 Å². The number of hydrogen-bond donors (Lipinski definition) is 0. The van der Waals surface area contributed by atoms with E-state index in [9.17, 15) is 4.79 Å². The highest BCUT2D eigenvalue weighted by Gasteiger charge is 2.09. The quantitative estimate of drug-likeness (QED) is 0.713. The van der Waals surface area contributed by atoms with Crippen LogP contribution in [0.5, 0.6) is 0 Å². The van der Waals surface area contributed by atoms with Crippen molar-refractivity contribution in [2.75, 3.05) is 6.61 Å². The first-order chi connectivity index (χ1) is 7.24. The van der Waals surface area contributed by atoms with Crippen LogP contribution in [0.3, 0.4) is 0 Å². The summed E-state index contributed by atoms with van der Waals surface area (Å²) in [6.45, 7) is 4.22. The number of ether oxygens (including phenoxy) is 1. The van der Waals surface area contributed by atoms with Gasteiger partial charge < -0.3 is 4.74 Å². The number of rotatable bonds is 1. The third kappa shape index (κ3) is 1.61. The monoisotopic (exact) mass is 203 g/mol. The average molecular weight is 203 g/mol. The lowest BCUT2D eigenvalue weighted by Crippen LogP contribution is -2.11. The summed E-state index contributed by atoms with van der Waals surface area (Å²) in [4.78, 5) is 11.6. The predicted octanol–water partition coefficient (Wildman–Crippen LogP) is 2.95. The molecular weight excluding hydrogens is 190 g/mol. The van der Waals surface area contributed by atoms with Crippen LogP contribution in [0.15, 0.2) is 30.5 Å². The first-order valence-corrected chi connectivity index (χ1v) is 4.98. The molecule has 0 atom stereocenters. The van der Waals surface area contributed by atoms with E-state index in [1.807, 2.05) is 31.2 Å². The molecule has 78 valence electrons. The van der Waals surface area contributed by atoms with E-state index < -0.39 is 0 Å². The lowest BCUT2D eigenvalue weighted by Gasteiger charge is -2.04. The second kappa shape index (κ2) is 3.77. The van der Waals surface area contributed by atoms with Gasteiger partial charge in [-0.3, -0.25) is 4.57 Å². The molecule has 0 spiro atoms. The fourth-order valence-electron chi connectivity index (χ4n) is 1.67. The second-order valence-corrected chi connectivity index (χ2v) is 3.39. The van der Waals surface area contributed by atoms with Crippen molar-refractivity contribution >= 4 is 17.0 Å². The van der Waals surface area contributed by atoms with Crippen LogP contribution >= 0.6 is 0 Å². The molecule has 2 aromatic rings. The molecule has 1 aromatic heterocycles. The van der Waals surface area contributed by atoms with Crippen molar-refractivity contribution < 1.29 is 9.53 Å². The van der Waals surface area contributed by atoms with Crippen LogP contribution in [0.4, 0.5) is 4.79 Å². The average Bonchev–Trinajstić information content (AvgIpc) is 2.63. The maximum atomic E-state index is 11.6. The van der Waals surface area contributed by atoms with Gasteiger partial charge in [-0.25, -0.2) is 4.79 Å². The van der Waals surface area contributed by atoms with E-state index in [-0.39, 0.29) is 6.09 Å². The van der Waals surface area contributed by atoms with Crippen LogP contribution in [-0.2, 0) is 4.74 Å². The first kappa shape index (κ1) is 9.77. The lowest BCUT2D eigenvalue weighted by atomic mass is 10.1. The van der Waals surface area contributed by atoms with Gasteiger partial charge in [0.25, 0.3) is 0 Å². The molecule has 0 aliphatic heterocycles. The molecule has 0 radical (unpaired) electrons. The van der Waals surface area contributed by atoms with Crippen LogP contribution < -0.4 is 0 Å². The molecule has 2 rings (SSSR count). The van der Waals surface area contributed by atoms with Crippen molar-refractivity contribution in [1.82, 2.24) is 4.57 Å². The summed E-state index contributed by atoms with van der Waals surface area (Å²) < 4.78 is 6.49. The van der Waals surface area contributed by atoms with Crippen molar-refractivity contribution in [3.05, 3.63) is 36.0 Å². The van der Waals surface area contributed by atoms with E-state index in [1.54, 1.807) is 13.1 Å². The molecule has 3 heteroatoms. The van der Waals surface area contributed by atoms with Crippen LogP contribution in [0.25, 0.3) is 10.9 Å². The van der Waals surface area contributed by atoms with E-state index >= 15 is 0 Å². The normalized spacial score (nSPS) is 10.5. The number of aryl methyl sites for hydroxylation is 1. The van der Waals surface area contributed by atoms with E-state index in [0.717, 1.165) is 16.5 Å². The zero-order chi connectivity index (χ0) is 10.8. The minimum absolute atomic E-state index is 0.321. The van der Waals surface area contributed by atoms with Crippen LogP contribution in [0.2, 0.25) is 0 Å². The smallest absolute Gasteiger partial charge is 0.418 e. The Balaban J connectivity index is 2.54. The standard InChI is InChI=1S/C12H13NO2/c1-3-15-12(14)13-8-7-10-9(2)5-4-6-11(10)13/h4-8H,3H2,1-2H3. The molecule has 0 N–H and O–H groups in total. The molecule has 0 fully saturated rings. The molecule has 1 aromatic carbocycles. The van der Waals surface area contributed by atoms with Gasteiger partial charge in [-0.05, 0) is 31.5 Å². The fourth-order valence-corrected chi connectivity index (χ4v) is 1.67. The Bertz CT molecular complexity index is 499. The Morgan fingerprint density at radius 1 is 1.40 bits per heavy atom. The Morgan fingerprint density at radius 3 is 2.93 bits per heavy atom. The highest BCUT2D eigenvalue weighted by atomic mass is 16.5. The van der Waals surface area contributed by atoms with Crippen molar-refractivity contribution in [1.29, 1.82) is 0 Å². The summed E-state index contributed by atoms with van der Waals surface area (Å²) in [7, 11) is 0. The molecule has 15 heavy (non-hydrogen) atoms. The molecule has 1 heterocycles. The fraction of sp³-hybridized carbons (Fsp3) is 0.250. The maximum Gasteiger partial charge on any atom is 0.418 e. The highest BCUT2D eigenvalue weighted by Crippen LogP contribution is 2.19. The molecule has 0 saturated carbocycles. The zero-order valence-electron chi connectivity index (χ0n) is 8.86. The molecule has 0 aliphatic rings. The lowest BCUT2D eigenvalue weighted by molar-refractivity contribution is 0.155.